The van der Waals surface area contributed by atoms with Gasteiger partial charge in [-0.05, 0) is 55.5 Å². The highest BCUT2D eigenvalue weighted by Crippen LogP contribution is 2.28. The number of nitrogens with zero attached hydrogens (tertiary/aromatic N) is 1. The van der Waals surface area contributed by atoms with Crippen molar-refractivity contribution in [1.29, 1.82) is 0 Å². The maximum atomic E-state index is 13.3. The van der Waals surface area contributed by atoms with Gasteiger partial charge in [-0.25, -0.2) is 14.2 Å². The standard InChI is InChI=1S/C21H21FN2O4/c1-3-27-21(25)19-18(14-4-8-16(22)9-5-14)23-20(24-19)15-6-10-17(11-7-15)28-13-12-26-2/h4-11H,3,12-13H2,1-2H3,(H,23,24). The van der Waals surface area contributed by atoms with Crippen molar-refractivity contribution in [2.75, 3.05) is 26.9 Å². The van der Waals surface area contributed by atoms with Crippen molar-refractivity contribution in [2.24, 2.45) is 0 Å². The van der Waals surface area contributed by atoms with E-state index in [9.17, 15) is 9.18 Å². The van der Waals surface area contributed by atoms with Crippen LogP contribution in [-0.4, -0.2) is 42.9 Å². The first-order chi connectivity index (χ1) is 13.6. The van der Waals surface area contributed by atoms with E-state index in [1.165, 1.54) is 12.1 Å². The zero-order valence-electron chi connectivity index (χ0n) is 15.7. The molecule has 0 radical (unpaired) electrons. The summed E-state index contributed by atoms with van der Waals surface area (Å²) in [5, 5.41) is 0. The van der Waals surface area contributed by atoms with Gasteiger partial charge in [0.1, 0.15) is 24.0 Å². The molecule has 0 aliphatic carbocycles. The molecule has 0 atom stereocenters. The SMILES string of the molecule is CCOC(=O)c1nc(-c2ccc(OCCOC)cc2)[nH]c1-c1ccc(F)cc1. The van der Waals surface area contributed by atoms with Crippen molar-refractivity contribution in [3.8, 4) is 28.4 Å². The van der Waals surface area contributed by atoms with Crippen LogP contribution in [0.5, 0.6) is 5.75 Å². The molecule has 0 amide bonds. The fourth-order valence-corrected chi connectivity index (χ4v) is 2.63. The molecule has 146 valence electrons. The first-order valence-electron chi connectivity index (χ1n) is 8.87. The molecule has 7 heteroatoms. The topological polar surface area (TPSA) is 73.4 Å². The molecule has 0 saturated carbocycles. The maximum Gasteiger partial charge on any atom is 0.359 e. The molecule has 1 heterocycles. The Kier molecular flexibility index (Phi) is 6.39. The quantitative estimate of drug-likeness (QED) is 0.468. The van der Waals surface area contributed by atoms with Crippen LogP contribution in [-0.2, 0) is 9.47 Å². The first-order valence-corrected chi connectivity index (χ1v) is 8.87. The van der Waals surface area contributed by atoms with Crippen molar-refractivity contribution in [1.82, 2.24) is 9.97 Å². The summed E-state index contributed by atoms with van der Waals surface area (Å²) in [6, 6.07) is 13.1. The summed E-state index contributed by atoms with van der Waals surface area (Å²) in [4.78, 5) is 19.9. The van der Waals surface area contributed by atoms with Gasteiger partial charge in [-0.15, -0.1) is 0 Å². The van der Waals surface area contributed by atoms with E-state index in [1.807, 2.05) is 24.3 Å². The summed E-state index contributed by atoms with van der Waals surface area (Å²) in [7, 11) is 1.61. The number of H-pyrrole nitrogens is 1. The molecule has 1 aromatic heterocycles. The van der Waals surface area contributed by atoms with Gasteiger partial charge in [-0.3, -0.25) is 0 Å². The lowest BCUT2D eigenvalue weighted by atomic mass is 10.1. The van der Waals surface area contributed by atoms with Crippen LogP contribution in [0.25, 0.3) is 22.6 Å². The molecular formula is C21H21FN2O4. The van der Waals surface area contributed by atoms with Gasteiger partial charge in [-0.1, -0.05) is 0 Å². The number of carbonyl (C=O) groups excluding carboxylic acids is 1. The van der Waals surface area contributed by atoms with E-state index < -0.39 is 5.97 Å². The van der Waals surface area contributed by atoms with Gasteiger partial charge >= 0.3 is 5.97 Å². The highest BCUT2D eigenvalue weighted by Gasteiger charge is 2.20. The number of methoxy groups -OCH3 is 1. The molecular weight excluding hydrogens is 363 g/mol. The van der Waals surface area contributed by atoms with Crippen LogP contribution in [0.2, 0.25) is 0 Å². The molecule has 6 nitrogen and oxygen atoms in total. The van der Waals surface area contributed by atoms with E-state index in [4.69, 9.17) is 14.2 Å². The highest BCUT2D eigenvalue weighted by molar-refractivity contribution is 5.95. The number of esters is 1. The van der Waals surface area contributed by atoms with Crippen LogP contribution in [0, 0.1) is 5.82 Å². The summed E-state index contributed by atoms with van der Waals surface area (Å²) in [5.41, 5.74) is 2.05. The minimum Gasteiger partial charge on any atom is -0.491 e. The summed E-state index contributed by atoms with van der Waals surface area (Å²) in [6.45, 7) is 2.92. The Hall–Kier alpha value is -3.19. The molecule has 28 heavy (non-hydrogen) atoms. The molecule has 0 unspecified atom stereocenters. The number of aromatic amines is 1. The fraction of sp³-hybridized carbons (Fsp3) is 0.238. The second-order valence-corrected chi connectivity index (χ2v) is 5.90. The average Bonchev–Trinajstić information content (AvgIpc) is 3.15. The van der Waals surface area contributed by atoms with Crippen LogP contribution in [0.3, 0.4) is 0 Å². The summed E-state index contributed by atoms with van der Waals surface area (Å²) >= 11 is 0. The van der Waals surface area contributed by atoms with Crippen LogP contribution in [0.1, 0.15) is 17.4 Å². The zero-order valence-corrected chi connectivity index (χ0v) is 15.7. The number of nitrogens with one attached hydrogen (secondary N) is 1. The Morgan fingerprint density at radius 2 is 1.71 bits per heavy atom. The molecule has 0 aliphatic heterocycles. The number of benzene rings is 2. The third-order valence-corrected chi connectivity index (χ3v) is 3.99. The van der Waals surface area contributed by atoms with Crippen LogP contribution in [0.4, 0.5) is 4.39 Å². The summed E-state index contributed by atoms with van der Waals surface area (Å²) in [5.74, 6) is 0.316. The Balaban J connectivity index is 1.92. The highest BCUT2D eigenvalue weighted by atomic mass is 19.1. The van der Waals surface area contributed by atoms with Crippen molar-refractivity contribution < 1.29 is 23.4 Å². The Labute approximate surface area is 162 Å². The largest absolute Gasteiger partial charge is 0.491 e. The van der Waals surface area contributed by atoms with Gasteiger partial charge < -0.3 is 19.2 Å². The summed E-state index contributed by atoms with van der Waals surface area (Å²) < 4.78 is 28.9. The number of rotatable bonds is 8. The number of halogens is 1. The minimum atomic E-state index is -0.538. The second-order valence-electron chi connectivity index (χ2n) is 5.90. The number of imidazole rings is 1. The lowest BCUT2D eigenvalue weighted by molar-refractivity contribution is 0.0521. The number of carbonyl (C=O) groups is 1. The third kappa shape index (κ3) is 4.55. The molecule has 0 bridgehead atoms. The Bertz CT molecular complexity index is 921. The van der Waals surface area contributed by atoms with Gasteiger partial charge in [0.25, 0.3) is 0 Å². The molecule has 2 aromatic carbocycles. The zero-order chi connectivity index (χ0) is 19.9. The Morgan fingerprint density at radius 1 is 1.04 bits per heavy atom. The van der Waals surface area contributed by atoms with Crippen LogP contribution >= 0.6 is 0 Å². The van der Waals surface area contributed by atoms with Gasteiger partial charge in [0.15, 0.2) is 5.69 Å². The minimum absolute atomic E-state index is 0.156. The van der Waals surface area contributed by atoms with Crippen LogP contribution in [0.15, 0.2) is 48.5 Å². The average molecular weight is 384 g/mol. The lowest BCUT2D eigenvalue weighted by Gasteiger charge is -2.05. The molecule has 0 aliphatic rings. The second kappa shape index (κ2) is 9.14. The van der Waals surface area contributed by atoms with Crippen LogP contribution < -0.4 is 4.74 Å². The third-order valence-electron chi connectivity index (χ3n) is 3.99. The summed E-state index contributed by atoms with van der Waals surface area (Å²) in [6.07, 6.45) is 0. The van der Waals surface area contributed by atoms with Gasteiger partial charge in [0.05, 0.1) is 18.9 Å². The monoisotopic (exact) mass is 384 g/mol. The van der Waals surface area contributed by atoms with Crippen molar-refractivity contribution in [2.45, 2.75) is 6.92 Å². The number of aromatic nitrogens is 2. The smallest absolute Gasteiger partial charge is 0.359 e. The number of ether oxygens (including phenoxy) is 3. The molecule has 0 spiro atoms. The Morgan fingerprint density at radius 3 is 2.36 bits per heavy atom. The molecule has 0 saturated heterocycles. The maximum absolute atomic E-state index is 13.3. The molecule has 3 rings (SSSR count). The normalized spacial score (nSPS) is 10.7. The molecule has 0 fully saturated rings. The van der Waals surface area contributed by atoms with E-state index in [0.29, 0.717) is 36.0 Å². The predicted octanol–water partition coefficient (Wildman–Crippen LogP) is 4.08. The van der Waals surface area contributed by atoms with Crippen molar-refractivity contribution in [3.63, 3.8) is 0 Å². The van der Waals surface area contributed by atoms with Crippen molar-refractivity contribution in [3.05, 3.63) is 60.0 Å². The van der Waals surface area contributed by atoms with E-state index in [-0.39, 0.29) is 18.1 Å². The predicted molar refractivity (Wildman–Crippen MR) is 103 cm³/mol. The fourth-order valence-electron chi connectivity index (χ4n) is 2.63. The van der Waals surface area contributed by atoms with E-state index in [2.05, 4.69) is 9.97 Å². The van der Waals surface area contributed by atoms with Gasteiger partial charge in [-0.2, -0.15) is 0 Å². The first kappa shape index (κ1) is 19.6. The van der Waals surface area contributed by atoms with E-state index >= 15 is 0 Å². The van der Waals surface area contributed by atoms with E-state index in [1.54, 1.807) is 26.2 Å². The van der Waals surface area contributed by atoms with Gasteiger partial charge in [0, 0.05) is 18.2 Å². The van der Waals surface area contributed by atoms with Gasteiger partial charge in [0.2, 0.25) is 0 Å². The van der Waals surface area contributed by atoms with Crippen molar-refractivity contribution >= 4 is 5.97 Å². The van der Waals surface area contributed by atoms with E-state index in [0.717, 1.165) is 5.56 Å². The number of hydrogen-bond donors (Lipinski definition) is 1. The molecule has 1 N–H and O–H groups in total. The lowest BCUT2D eigenvalue weighted by Crippen LogP contribution is -2.06. The molecule has 3 aromatic rings. The number of hydrogen-bond acceptors (Lipinski definition) is 5.